The zero-order chi connectivity index (χ0) is 11.0. The molecule has 3 atom stereocenters. The SMILES string of the molecule is NC1CCCC2CN(Cc3cnc[nH]3)CC12. The third-order valence-electron chi connectivity index (χ3n) is 4.18. The van der Waals surface area contributed by atoms with Gasteiger partial charge < -0.3 is 10.7 Å². The molecule has 3 N–H and O–H groups in total. The molecule has 1 aromatic heterocycles. The molecule has 1 aliphatic heterocycles. The van der Waals surface area contributed by atoms with Gasteiger partial charge in [0.2, 0.25) is 0 Å². The van der Waals surface area contributed by atoms with Crippen LogP contribution < -0.4 is 5.73 Å². The second kappa shape index (κ2) is 4.18. The van der Waals surface area contributed by atoms with E-state index in [9.17, 15) is 0 Å². The molecule has 0 bridgehead atoms. The number of rotatable bonds is 2. The predicted molar refractivity (Wildman–Crippen MR) is 62.7 cm³/mol. The maximum Gasteiger partial charge on any atom is 0.0922 e. The van der Waals surface area contributed by atoms with Crippen molar-refractivity contribution in [1.82, 2.24) is 14.9 Å². The molecule has 4 nitrogen and oxygen atoms in total. The molecule has 1 saturated heterocycles. The minimum Gasteiger partial charge on any atom is -0.347 e. The van der Waals surface area contributed by atoms with Gasteiger partial charge in [0, 0.05) is 37.6 Å². The van der Waals surface area contributed by atoms with Crippen LogP contribution >= 0.6 is 0 Å². The Morgan fingerprint density at radius 3 is 3.12 bits per heavy atom. The van der Waals surface area contributed by atoms with E-state index < -0.39 is 0 Å². The molecule has 0 spiro atoms. The summed E-state index contributed by atoms with van der Waals surface area (Å²) >= 11 is 0. The molecule has 2 aliphatic rings. The number of hydrogen-bond donors (Lipinski definition) is 2. The molecule has 2 heterocycles. The molecular weight excluding hydrogens is 200 g/mol. The third kappa shape index (κ3) is 1.87. The summed E-state index contributed by atoms with van der Waals surface area (Å²) in [5.74, 6) is 1.57. The number of likely N-dealkylation sites (tertiary alicyclic amines) is 1. The molecule has 1 aromatic rings. The van der Waals surface area contributed by atoms with E-state index in [4.69, 9.17) is 5.73 Å². The molecule has 3 unspecified atom stereocenters. The van der Waals surface area contributed by atoms with E-state index in [2.05, 4.69) is 14.9 Å². The van der Waals surface area contributed by atoms with E-state index in [-0.39, 0.29) is 0 Å². The molecule has 88 valence electrons. The van der Waals surface area contributed by atoms with Crippen molar-refractivity contribution in [3.8, 4) is 0 Å². The number of aromatic amines is 1. The number of nitrogens with two attached hydrogens (primary N) is 1. The lowest BCUT2D eigenvalue weighted by Gasteiger charge is -2.29. The zero-order valence-electron chi connectivity index (χ0n) is 9.60. The first-order valence-corrected chi connectivity index (χ1v) is 6.28. The first-order valence-electron chi connectivity index (χ1n) is 6.28. The second-order valence-electron chi connectivity index (χ2n) is 5.29. The fourth-order valence-corrected chi connectivity index (χ4v) is 3.35. The fraction of sp³-hybridized carbons (Fsp3) is 0.750. The highest BCUT2D eigenvalue weighted by Gasteiger charge is 2.38. The van der Waals surface area contributed by atoms with Crippen molar-refractivity contribution in [1.29, 1.82) is 0 Å². The molecule has 0 amide bonds. The van der Waals surface area contributed by atoms with Crippen LogP contribution in [0.1, 0.15) is 25.0 Å². The lowest BCUT2D eigenvalue weighted by molar-refractivity contribution is 0.259. The summed E-state index contributed by atoms with van der Waals surface area (Å²) in [7, 11) is 0. The average molecular weight is 220 g/mol. The van der Waals surface area contributed by atoms with Crippen molar-refractivity contribution in [2.75, 3.05) is 13.1 Å². The summed E-state index contributed by atoms with van der Waals surface area (Å²) in [6, 6.07) is 0.436. The molecule has 0 aromatic carbocycles. The molecule has 4 heteroatoms. The first-order chi connectivity index (χ1) is 7.83. The number of H-pyrrole nitrogens is 1. The summed E-state index contributed by atoms with van der Waals surface area (Å²) in [5.41, 5.74) is 7.42. The molecule has 1 aliphatic carbocycles. The summed E-state index contributed by atoms with van der Waals surface area (Å²) in [6.45, 7) is 3.39. The van der Waals surface area contributed by atoms with Gasteiger partial charge >= 0.3 is 0 Å². The van der Waals surface area contributed by atoms with Gasteiger partial charge in [-0.2, -0.15) is 0 Å². The number of fused-ring (bicyclic) bond motifs is 1. The minimum atomic E-state index is 0.436. The first kappa shape index (κ1) is 10.3. The van der Waals surface area contributed by atoms with Gasteiger partial charge in [-0.1, -0.05) is 6.42 Å². The molecule has 16 heavy (non-hydrogen) atoms. The minimum absolute atomic E-state index is 0.436. The Labute approximate surface area is 96.2 Å². The van der Waals surface area contributed by atoms with E-state index in [0.29, 0.717) is 6.04 Å². The molecule has 1 saturated carbocycles. The topological polar surface area (TPSA) is 57.9 Å². The van der Waals surface area contributed by atoms with Crippen molar-refractivity contribution in [3.63, 3.8) is 0 Å². The van der Waals surface area contributed by atoms with Crippen LogP contribution in [0.2, 0.25) is 0 Å². The Hall–Kier alpha value is -0.870. The number of nitrogens with zero attached hydrogens (tertiary/aromatic N) is 2. The lowest BCUT2D eigenvalue weighted by atomic mass is 9.78. The number of nitrogens with one attached hydrogen (secondary N) is 1. The van der Waals surface area contributed by atoms with E-state index in [1.165, 1.54) is 38.0 Å². The van der Waals surface area contributed by atoms with Crippen molar-refractivity contribution >= 4 is 0 Å². The molecule has 0 radical (unpaired) electrons. The highest BCUT2D eigenvalue weighted by atomic mass is 15.2. The Morgan fingerprint density at radius 2 is 2.38 bits per heavy atom. The summed E-state index contributed by atoms with van der Waals surface area (Å²) in [4.78, 5) is 9.76. The van der Waals surface area contributed by atoms with Crippen molar-refractivity contribution < 1.29 is 0 Å². The van der Waals surface area contributed by atoms with Gasteiger partial charge in [-0.15, -0.1) is 0 Å². The van der Waals surface area contributed by atoms with Crippen molar-refractivity contribution in [2.45, 2.75) is 31.8 Å². The van der Waals surface area contributed by atoms with Crippen LogP contribution in [0.15, 0.2) is 12.5 Å². The van der Waals surface area contributed by atoms with E-state index in [1.807, 2.05) is 6.20 Å². The quantitative estimate of drug-likeness (QED) is 0.781. The summed E-state index contributed by atoms with van der Waals surface area (Å²) in [6.07, 6.45) is 7.59. The van der Waals surface area contributed by atoms with Gasteiger partial charge in [0.15, 0.2) is 0 Å². The van der Waals surface area contributed by atoms with Gasteiger partial charge in [0.05, 0.1) is 6.33 Å². The van der Waals surface area contributed by atoms with Gasteiger partial charge in [0.25, 0.3) is 0 Å². The zero-order valence-corrected chi connectivity index (χ0v) is 9.60. The fourth-order valence-electron chi connectivity index (χ4n) is 3.35. The van der Waals surface area contributed by atoms with Crippen LogP contribution in [0.3, 0.4) is 0 Å². The Kier molecular flexibility index (Phi) is 2.69. The Morgan fingerprint density at radius 1 is 1.44 bits per heavy atom. The van der Waals surface area contributed by atoms with Gasteiger partial charge in [-0.25, -0.2) is 4.98 Å². The lowest BCUT2D eigenvalue weighted by Crippen LogP contribution is -2.38. The van der Waals surface area contributed by atoms with Gasteiger partial charge in [0.1, 0.15) is 0 Å². The van der Waals surface area contributed by atoms with E-state index in [0.717, 1.165) is 18.4 Å². The Balaban J connectivity index is 1.63. The van der Waals surface area contributed by atoms with Gasteiger partial charge in [-0.05, 0) is 24.7 Å². The molecule has 2 fully saturated rings. The van der Waals surface area contributed by atoms with Crippen molar-refractivity contribution in [3.05, 3.63) is 18.2 Å². The summed E-state index contributed by atoms with van der Waals surface area (Å²) < 4.78 is 0. The van der Waals surface area contributed by atoms with Crippen LogP contribution in [0.5, 0.6) is 0 Å². The number of imidazole rings is 1. The standard InChI is InChI=1S/C12H20N4/c13-12-3-1-2-9-5-16(7-11(9)12)6-10-4-14-8-15-10/h4,8-9,11-12H,1-3,5-7,13H2,(H,14,15). The van der Waals surface area contributed by atoms with Crippen LogP contribution in [0.4, 0.5) is 0 Å². The maximum atomic E-state index is 6.21. The van der Waals surface area contributed by atoms with Crippen LogP contribution in [0.25, 0.3) is 0 Å². The summed E-state index contributed by atoms with van der Waals surface area (Å²) in [5, 5.41) is 0. The highest BCUT2D eigenvalue weighted by Crippen LogP contribution is 2.35. The predicted octanol–water partition coefficient (Wildman–Crippen LogP) is 0.969. The second-order valence-corrected chi connectivity index (χ2v) is 5.29. The molecule has 3 rings (SSSR count). The smallest absolute Gasteiger partial charge is 0.0922 e. The number of hydrogen-bond acceptors (Lipinski definition) is 3. The van der Waals surface area contributed by atoms with Crippen LogP contribution in [-0.4, -0.2) is 34.0 Å². The van der Waals surface area contributed by atoms with Crippen LogP contribution in [0, 0.1) is 11.8 Å². The monoisotopic (exact) mass is 220 g/mol. The maximum absolute atomic E-state index is 6.21. The normalized spacial score (nSPS) is 35.2. The highest BCUT2D eigenvalue weighted by molar-refractivity contribution is 4.98. The van der Waals surface area contributed by atoms with Crippen molar-refractivity contribution in [2.24, 2.45) is 17.6 Å². The molecular formula is C12H20N4. The Bertz CT molecular complexity index is 335. The average Bonchev–Trinajstić information content (AvgIpc) is 2.88. The van der Waals surface area contributed by atoms with E-state index in [1.54, 1.807) is 6.33 Å². The van der Waals surface area contributed by atoms with Crippen LogP contribution in [-0.2, 0) is 6.54 Å². The van der Waals surface area contributed by atoms with E-state index >= 15 is 0 Å². The van der Waals surface area contributed by atoms with Gasteiger partial charge in [-0.3, -0.25) is 4.90 Å². The third-order valence-corrected chi connectivity index (χ3v) is 4.18. The number of aromatic nitrogens is 2. The largest absolute Gasteiger partial charge is 0.347 e.